The van der Waals surface area contributed by atoms with Crippen molar-refractivity contribution in [3.8, 4) is 0 Å². The Labute approximate surface area is 92.9 Å². The van der Waals surface area contributed by atoms with Gasteiger partial charge in [-0.1, -0.05) is 0 Å². The Hall–Kier alpha value is -1.76. The first-order valence-corrected chi connectivity index (χ1v) is 4.81. The molecular formula is C9H14N4O3. The quantitative estimate of drug-likeness (QED) is 0.455. The van der Waals surface area contributed by atoms with E-state index in [4.69, 9.17) is 0 Å². The van der Waals surface area contributed by atoms with E-state index in [2.05, 4.69) is 4.99 Å². The molecule has 16 heavy (non-hydrogen) atoms. The van der Waals surface area contributed by atoms with Crippen molar-refractivity contribution < 1.29 is 14.4 Å². The summed E-state index contributed by atoms with van der Waals surface area (Å²) < 4.78 is 0. The van der Waals surface area contributed by atoms with Crippen molar-refractivity contribution >= 4 is 24.1 Å². The second-order valence-corrected chi connectivity index (χ2v) is 3.64. The van der Waals surface area contributed by atoms with Gasteiger partial charge in [0.25, 0.3) is 0 Å². The highest BCUT2D eigenvalue weighted by Crippen LogP contribution is 1.98. The highest BCUT2D eigenvalue weighted by molar-refractivity contribution is 6.23. The van der Waals surface area contributed by atoms with Crippen molar-refractivity contribution in [2.75, 3.05) is 27.2 Å². The number of carbonyl (C=O) groups excluding carboxylic acids is 3. The monoisotopic (exact) mass is 226 g/mol. The molecule has 1 fully saturated rings. The van der Waals surface area contributed by atoms with Gasteiger partial charge in [0.1, 0.15) is 0 Å². The van der Waals surface area contributed by atoms with Gasteiger partial charge >= 0.3 is 6.03 Å². The maximum Gasteiger partial charge on any atom is 0.328 e. The minimum absolute atomic E-state index is 0.498. The molecule has 7 heteroatoms. The number of aliphatic imine (C=N–C) groups is 1. The number of nitrogens with one attached hydrogen (secondary N) is 2. The van der Waals surface area contributed by atoms with E-state index in [9.17, 15) is 14.4 Å². The first-order valence-electron chi connectivity index (χ1n) is 4.81. The number of imide groups is 2. The first-order chi connectivity index (χ1) is 7.50. The Morgan fingerprint density at radius 1 is 1.25 bits per heavy atom. The number of barbiturate groups is 1. The highest BCUT2D eigenvalue weighted by Gasteiger charge is 2.32. The molecule has 0 spiro atoms. The average Bonchev–Trinajstić information content (AvgIpc) is 2.14. The third-order valence-electron chi connectivity index (χ3n) is 1.97. The molecule has 1 rings (SSSR count). The Morgan fingerprint density at radius 2 is 1.81 bits per heavy atom. The Morgan fingerprint density at radius 3 is 2.31 bits per heavy atom. The van der Waals surface area contributed by atoms with Crippen molar-refractivity contribution in [1.29, 1.82) is 0 Å². The lowest BCUT2D eigenvalue weighted by atomic mass is 10.1. The Balaban J connectivity index is 2.49. The molecule has 0 unspecified atom stereocenters. The van der Waals surface area contributed by atoms with Crippen molar-refractivity contribution in [3.05, 3.63) is 0 Å². The molecule has 7 nitrogen and oxygen atoms in total. The number of urea groups is 1. The largest absolute Gasteiger partial charge is 0.328 e. The van der Waals surface area contributed by atoms with E-state index < -0.39 is 23.8 Å². The number of hydrogen-bond donors (Lipinski definition) is 2. The normalized spacial score (nSPS) is 18.1. The second kappa shape index (κ2) is 5.36. The maximum atomic E-state index is 11.2. The fraction of sp³-hybridized carbons (Fsp3) is 0.556. The molecule has 88 valence electrons. The lowest BCUT2D eigenvalue weighted by Gasteiger charge is -2.17. The molecule has 1 aliphatic heterocycles. The zero-order chi connectivity index (χ0) is 12.1. The zero-order valence-electron chi connectivity index (χ0n) is 9.19. The predicted octanol–water partition coefficient (Wildman–Crippen LogP) is -1.40. The van der Waals surface area contributed by atoms with Crippen LogP contribution in [-0.2, 0) is 9.59 Å². The molecule has 0 aliphatic carbocycles. The Bertz CT molecular complexity index is 318. The average molecular weight is 226 g/mol. The number of likely N-dealkylation sites (N-methyl/N-ethyl adjacent to an activating group) is 1. The summed E-state index contributed by atoms with van der Waals surface area (Å²) in [4.78, 5) is 39.1. The summed E-state index contributed by atoms with van der Waals surface area (Å²) in [6.45, 7) is 1.23. The van der Waals surface area contributed by atoms with Gasteiger partial charge in [0.15, 0.2) is 5.92 Å². The summed E-state index contributed by atoms with van der Waals surface area (Å²) in [6, 6.07) is -0.784. The van der Waals surface area contributed by atoms with Gasteiger partial charge in [0.2, 0.25) is 11.8 Å². The third-order valence-corrected chi connectivity index (χ3v) is 1.97. The molecule has 0 saturated carbocycles. The van der Waals surface area contributed by atoms with Gasteiger partial charge in [0, 0.05) is 12.8 Å². The SMILES string of the molecule is CN(C)CCN=CC1C(=O)NC(=O)NC1=O. The molecule has 1 saturated heterocycles. The molecule has 0 aromatic heterocycles. The fourth-order valence-corrected chi connectivity index (χ4v) is 1.10. The second-order valence-electron chi connectivity index (χ2n) is 3.64. The molecule has 0 aromatic carbocycles. The van der Waals surface area contributed by atoms with Gasteiger partial charge < -0.3 is 4.90 Å². The number of nitrogens with zero attached hydrogens (tertiary/aromatic N) is 2. The van der Waals surface area contributed by atoms with Gasteiger partial charge in [-0.2, -0.15) is 0 Å². The summed E-state index contributed by atoms with van der Waals surface area (Å²) in [5.41, 5.74) is 0. The van der Waals surface area contributed by atoms with Crippen molar-refractivity contribution in [2.24, 2.45) is 10.9 Å². The molecule has 0 bridgehead atoms. The molecule has 4 amide bonds. The topological polar surface area (TPSA) is 90.9 Å². The minimum atomic E-state index is -1.01. The number of carbonyl (C=O) groups is 3. The van der Waals surface area contributed by atoms with Gasteiger partial charge in [-0.05, 0) is 14.1 Å². The maximum absolute atomic E-state index is 11.2. The van der Waals surface area contributed by atoms with Crippen molar-refractivity contribution in [2.45, 2.75) is 0 Å². The molecule has 0 aromatic rings. The van der Waals surface area contributed by atoms with Crippen LogP contribution in [0.4, 0.5) is 4.79 Å². The van der Waals surface area contributed by atoms with Crippen LogP contribution >= 0.6 is 0 Å². The third kappa shape index (κ3) is 3.43. The van der Waals surface area contributed by atoms with Crippen LogP contribution in [0.15, 0.2) is 4.99 Å². The van der Waals surface area contributed by atoms with Crippen LogP contribution < -0.4 is 10.6 Å². The van der Waals surface area contributed by atoms with Crippen molar-refractivity contribution in [1.82, 2.24) is 15.5 Å². The van der Waals surface area contributed by atoms with Crippen LogP contribution in [-0.4, -0.2) is 56.1 Å². The fourth-order valence-electron chi connectivity index (χ4n) is 1.10. The predicted molar refractivity (Wildman–Crippen MR) is 57.1 cm³/mol. The smallest absolute Gasteiger partial charge is 0.308 e. The first kappa shape index (κ1) is 12.3. The molecular weight excluding hydrogens is 212 g/mol. The van der Waals surface area contributed by atoms with E-state index in [0.29, 0.717) is 6.54 Å². The van der Waals surface area contributed by atoms with Gasteiger partial charge in [-0.15, -0.1) is 0 Å². The number of amides is 4. The number of rotatable bonds is 4. The lowest BCUT2D eigenvalue weighted by molar-refractivity contribution is -0.132. The van der Waals surface area contributed by atoms with E-state index in [0.717, 1.165) is 6.54 Å². The zero-order valence-corrected chi connectivity index (χ0v) is 9.19. The summed E-state index contributed by atoms with van der Waals surface area (Å²) in [7, 11) is 3.79. The lowest BCUT2D eigenvalue weighted by Crippen LogP contribution is -2.56. The van der Waals surface area contributed by atoms with E-state index in [1.54, 1.807) is 0 Å². The van der Waals surface area contributed by atoms with Crippen LogP contribution in [0, 0.1) is 5.92 Å². The summed E-state index contributed by atoms with van der Waals surface area (Å²) >= 11 is 0. The van der Waals surface area contributed by atoms with Gasteiger partial charge in [0.05, 0.1) is 6.54 Å². The minimum Gasteiger partial charge on any atom is -0.308 e. The molecule has 0 radical (unpaired) electrons. The van der Waals surface area contributed by atoms with E-state index in [1.807, 2.05) is 29.6 Å². The van der Waals surface area contributed by atoms with E-state index in [-0.39, 0.29) is 0 Å². The molecule has 0 atom stereocenters. The molecule has 1 heterocycles. The van der Waals surface area contributed by atoms with E-state index in [1.165, 1.54) is 6.21 Å². The standard InChI is InChI=1S/C9H14N4O3/c1-13(2)4-3-10-5-6-7(14)11-9(16)12-8(6)15/h5-6H,3-4H2,1-2H3,(H2,11,12,14,15,16). The summed E-state index contributed by atoms with van der Waals surface area (Å²) in [6.07, 6.45) is 1.26. The van der Waals surface area contributed by atoms with Crippen LogP contribution in [0.3, 0.4) is 0 Å². The van der Waals surface area contributed by atoms with E-state index >= 15 is 0 Å². The van der Waals surface area contributed by atoms with Crippen LogP contribution in [0.5, 0.6) is 0 Å². The Kier molecular flexibility index (Phi) is 4.12. The molecule has 2 N–H and O–H groups in total. The van der Waals surface area contributed by atoms with Gasteiger partial charge in [-0.25, -0.2) is 4.79 Å². The van der Waals surface area contributed by atoms with Crippen LogP contribution in [0.2, 0.25) is 0 Å². The van der Waals surface area contributed by atoms with Crippen molar-refractivity contribution in [3.63, 3.8) is 0 Å². The summed E-state index contributed by atoms with van der Waals surface area (Å²) in [5, 5.41) is 4.00. The highest BCUT2D eigenvalue weighted by atomic mass is 16.2. The van der Waals surface area contributed by atoms with Crippen LogP contribution in [0.1, 0.15) is 0 Å². The van der Waals surface area contributed by atoms with Crippen LogP contribution in [0.25, 0.3) is 0 Å². The number of hydrogen-bond acceptors (Lipinski definition) is 5. The molecule has 1 aliphatic rings. The van der Waals surface area contributed by atoms with Gasteiger partial charge in [-0.3, -0.25) is 25.2 Å². The summed E-state index contributed by atoms with van der Waals surface area (Å²) in [5.74, 6) is -2.29.